The van der Waals surface area contributed by atoms with E-state index in [-0.39, 0.29) is 11.5 Å². The number of hydrogen-bond donors (Lipinski definition) is 0. The molecule has 1 aromatic carbocycles. The molecule has 0 bridgehead atoms. The second-order valence-corrected chi connectivity index (χ2v) is 11.6. The van der Waals surface area contributed by atoms with Gasteiger partial charge in [-0.25, -0.2) is 9.97 Å². The second-order valence-electron chi connectivity index (χ2n) is 11.6. The predicted octanol–water partition coefficient (Wildman–Crippen LogP) is 5.32. The van der Waals surface area contributed by atoms with Gasteiger partial charge >= 0.3 is 0 Å². The molecule has 4 aromatic rings. The summed E-state index contributed by atoms with van der Waals surface area (Å²) < 4.78 is 2.21. The van der Waals surface area contributed by atoms with Gasteiger partial charge in [0.2, 0.25) is 5.95 Å². The number of pyridine rings is 1. The van der Waals surface area contributed by atoms with E-state index in [9.17, 15) is 0 Å². The maximum absolute atomic E-state index is 5.20. The van der Waals surface area contributed by atoms with Crippen molar-refractivity contribution in [1.29, 1.82) is 0 Å². The van der Waals surface area contributed by atoms with Crippen LogP contribution in [0.25, 0.3) is 11.2 Å². The van der Waals surface area contributed by atoms with E-state index in [4.69, 9.17) is 15.0 Å². The Morgan fingerprint density at radius 3 is 2.35 bits per heavy atom. The van der Waals surface area contributed by atoms with Crippen molar-refractivity contribution in [2.24, 2.45) is 0 Å². The van der Waals surface area contributed by atoms with Gasteiger partial charge < -0.3 is 9.47 Å². The van der Waals surface area contributed by atoms with Crippen molar-refractivity contribution in [3.63, 3.8) is 0 Å². The minimum Gasteiger partial charge on any atom is -0.338 e. The number of benzene rings is 1. The van der Waals surface area contributed by atoms with Crippen molar-refractivity contribution < 1.29 is 0 Å². The average molecular weight is 498 g/mol. The number of piperazine rings is 1. The molecule has 37 heavy (non-hydrogen) atoms. The molecule has 0 N–H and O–H groups in total. The maximum atomic E-state index is 5.20. The number of aromatic nitrogens is 5. The number of fused-ring (bicyclic) bond motifs is 1. The van der Waals surface area contributed by atoms with Crippen molar-refractivity contribution in [2.45, 2.75) is 66.0 Å². The van der Waals surface area contributed by atoms with Gasteiger partial charge in [-0.3, -0.25) is 9.88 Å². The van der Waals surface area contributed by atoms with Gasteiger partial charge in [0, 0.05) is 57.6 Å². The summed E-state index contributed by atoms with van der Waals surface area (Å²) in [6.45, 7) is 18.1. The Kier molecular flexibility index (Phi) is 6.99. The summed E-state index contributed by atoms with van der Waals surface area (Å²) in [4.78, 5) is 23.8. The molecule has 0 unspecified atom stereocenters. The van der Waals surface area contributed by atoms with Crippen LogP contribution in [0.2, 0.25) is 0 Å². The molecule has 7 heteroatoms. The first-order chi connectivity index (χ1) is 17.7. The first-order valence-corrected chi connectivity index (χ1v) is 13.4. The number of hydrogen-bond acceptors (Lipinski definition) is 6. The van der Waals surface area contributed by atoms with Crippen molar-refractivity contribution in [3.05, 3.63) is 77.0 Å². The average Bonchev–Trinajstić information content (AvgIpc) is 3.31. The fourth-order valence-electron chi connectivity index (χ4n) is 5.02. The SMILES string of the molecule is Cc1ccc(C(C)(C)C)cc1Cc1nc(N2CCN(Cc3ccncc3)CC2)nc2ncn(C(C)C)c12. The lowest BCUT2D eigenvalue weighted by atomic mass is 9.84. The van der Waals surface area contributed by atoms with E-state index in [0.717, 1.165) is 62.0 Å². The zero-order chi connectivity index (χ0) is 26.2. The van der Waals surface area contributed by atoms with Crippen molar-refractivity contribution in [3.8, 4) is 0 Å². The van der Waals surface area contributed by atoms with Gasteiger partial charge in [-0.1, -0.05) is 39.0 Å². The van der Waals surface area contributed by atoms with Crippen LogP contribution < -0.4 is 4.90 Å². The summed E-state index contributed by atoms with van der Waals surface area (Å²) in [6.07, 6.45) is 6.42. The Bertz CT molecular complexity index is 1360. The van der Waals surface area contributed by atoms with Crippen LogP contribution >= 0.6 is 0 Å². The zero-order valence-corrected chi connectivity index (χ0v) is 23.1. The Morgan fingerprint density at radius 1 is 0.946 bits per heavy atom. The second kappa shape index (κ2) is 10.2. The highest BCUT2D eigenvalue weighted by Crippen LogP contribution is 2.29. The van der Waals surface area contributed by atoms with Crippen LogP contribution in [0.4, 0.5) is 5.95 Å². The van der Waals surface area contributed by atoms with E-state index in [1.807, 2.05) is 18.7 Å². The highest BCUT2D eigenvalue weighted by atomic mass is 15.3. The summed E-state index contributed by atoms with van der Waals surface area (Å²) in [6, 6.07) is 11.3. The third-order valence-electron chi connectivity index (χ3n) is 7.43. The van der Waals surface area contributed by atoms with Crippen molar-refractivity contribution in [1.82, 2.24) is 29.4 Å². The van der Waals surface area contributed by atoms with Crippen LogP contribution in [0.3, 0.4) is 0 Å². The van der Waals surface area contributed by atoms with Crippen LogP contribution in [0.15, 0.2) is 49.1 Å². The molecule has 4 heterocycles. The van der Waals surface area contributed by atoms with Crippen molar-refractivity contribution in [2.75, 3.05) is 31.1 Å². The molecule has 194 valence electrons. The molecule has 0 aliphatic carbocycles. The summed E-state index contributed by atoms with van der Waals surface area (Å²) in [5.41, 5.74) is 8.26. The van der Waals surface area contributed by atoms with Crippen LogP contribution in [0.5, 0.6) is 0 Å². The smallest absolute Gasteiger partial charge is 0.227 e. The molecule has 1 fully saturated rings. The van der Waals surface area contributed by atoms with Crippen LogP contribution in [-0.2, 0) is 18.4 Å². The topological polar surface area (TPSA) is 63.0 Å². The number of anilines is 1. The summed E-state index contributed by atoms with van der Waals surface area (Å²) >= 11 is 0. The third kappa shape index (κ3) is 5.52. The Morgan fingerprint density at radius 2 is 1.68 bits per heavy atom. The fraction of sp³-hybridized carbons (Fsp3) is 0.467. The van der Waals surface area contributed by atoms with Crippen LogP contribution in [0.1, 0.15) is 68.6 Å². The highest BCUT2D eigenvalue weighted by molar-refractivity contribution is 5.76. The first-order valence-electron chi connectivity index (χ1n) is 13.4. The Balaban J connectivity index is 1.45. The fourth-order valence-corrected chi connectivity index (χ4v) is 5.02. The molecule has 0 radical (unpaired) electrons. The zero-order valence-electron chi connectivity index (χ0n) is 23.1. The van der Waals surface area contributed by atoms with E-state index in [0.29, 0.717) is 0 Å². The van der Waals surface area contributed by atoms with E-state index in [1.54, 1.807) is 0 Å². The molecule has 3 aromatic heterocycles. The molecule has 0 spiro atoms. The molecular weight excluding hydrogens is 458 g/mol. The molecule has 1 aliphatic rings. The lowest BCUT2D eigenvalue weighted by molar-refractivity contribution is 0.248. The quantitative estimate of drug-likeness (QED) is 0.359. The van der Waals surface area contributed by atoms with E-state index in [2.05, 4.69) is 91.2 Å². The van der Waals surface area contributed by atoms with Gasteiger partial charge in [-0.15, -0.1) is 0 Å². The van der Waals surface area contributed by atoms with Crippen LogP contribution in [0, 0.1) is 6.92 Å². The normalized spacial score (nSPS) is 15.2. The molecule has 0 atom stereocenters. The van der Waals surface area contributed by atoms with Gasteiger partial charge in [0.15, 0.2) is 5.65 Å². The third-order valence-corrected chi connectivity index (χ3v) is 7.43. The van der Waals surface area contributed by atoms with Gasteiger partial charge in [0.05, 0.1) is 12.0 Å². The summed E-state index contributed by atoms with van der Waals surface area (Å²) in [7, 11) is 0. The summed E-state index contributed by atoms with van der Waals surface area (Å²) in [5, 5.41) is 0. The maximum Gasteiger partial charge on any atom is 0.227 e. The van der Waals surface area contributed by atoms with Gasteiger partial charge in [0.25, 0.3) is 0 Å². The van der Waals surface area contributed by atoms with E-state index < -0.39 is 0 Å². The molecule has 7 nitrogen and oxygen atoms in total. The van der Waals surface area contributed by atoms with Gasteiger partial charge in [-0.2, -0.15) is 4.98 Å². The number of rotatable bonds is 6. The summed E-state index contributed by atoms with van der Waals surface area (Å²) in [5.74, 6) is 0.796. The lowest BCUT2D eigenvalue weighted by Gasteiger charge is -2.34. The predicted molar refractivity (Wildman–Crippen MR) is 150 cm³/mol. The highest BCUT2D eigenvalue weighted by Gasteiger charge is 2.23. The minimum absolute atomic E-state index is 0.101. The molecule has 5 rings (SSSR count). The minimum atomic E-state index is 0.101. The van der Waals surface area contributed by atoms with Crippen LogP contribution in [-0.4, -0.2) is 55.6 Å². The van der Waals surface area contributed by atoms with Gasteiger partial charge in [-0.05, 0) is 60.6 Å². The van der Waals surface area contributed by atoms with E-state index in [1.165, 1.54) is 22.3 Å². The van der Waals surface area contributed by atoms with Crippen molar-refractivity contribution >= 4 is 17.1 Å². The first kappa shape index (κ1) is 25.3. The number of aryl methyl sites for hydroxylation is 1. The van der Waals surface area contributed by atoms with Gasteiger partial charge in [0.1, 0.15) is 5.52 Å². The lowest BCUT2D eigenvalue weighted by Crippen LogP contribution is -2.46. The largest absolute Gasteiger partial charge is 0.338 e. The standard InChI is InChI=1S/C30H39N7/c1-21(2)37-20-32-28-27(37)26(18-24-17-25(30(4,5)6)8-7-22(24)3)33-29(34-28)36-15-13-35(14-16-36)19-23-9-11-31-12-10-23/h7-12,17,20-21H,13-16,18-19H2,1-6H3. The molecule has 1 aliphatic heterocycles. The Labute approximate surface area is 220 Å². The van der Waals surface area contributed by atoms with E-state index >= 15 is 0 Å². The molecule has 0 saturated carbocycles. The number of imidazole rings is 1. The molecular formula is C30H39N7. The monoisotopic (exact) mass is 497 g/mol. The molecule has 0 amide bonds. The molecule has 1 saturated heterocycles. The Hall–Kier alpha value is -3.32. The number of nitrogens with zero attached hydrogens (tertiary/aromatic N) is 7.